The third kappa shape index (κ3) is 3.25. The van der Waals surface area contributed by atoms with Gasteiger partial charge in [0, 0.05) is 30.0 Å². The van der Waals surface area contributed by atoms with Gasteiger partial charge in [-0.1, -0.05) is 41.9 Å². The summed E-state index contributed by atoms with van der Waals surface area (Å²) in [5.41, 5.74) is 2.81. The van der Waals surface area contributed by atoms with Crippen molar-refractivity contribution in [3.63, 3.8) is 0 Å². The molecule has 0 radical (unpaired) electrons. The number of aromatic amines is 1. The van der Waals surface area contributed by atoms with Crippen LogP contribution in [0.3, 0.4) is 0 Å². The summed E-state index contributed by atoms with van der Waals surface area (Å²) in [6.45, 7) is 2.21. The largest absolute Gasteiger partial charge is 0.333 e. The molecule has 1 fully saturated rings. The van der Waals surface area contributed by atoms with E-state index >= 15 is 0 Å². The molecule has 1 atom stereocenters. The number of piperazine rings is 1. The van der Waals surface area contributed by atoms with Crippen molar-refractivity contribution in [2.75, 3.05) is 19.6 Å². The molecule has 1 aromatic heterocycles. The summed E-state index contributed by atoms with van der Waals surface area (Å²) in [5, 5.41) is 12.4. The molecule has 1 unspecified atom stereocenters. The van der Waals surface area contributed by atoms with Gasteiger partial charge in [-0.3, -0.25) is 9.89 Å². The van der Waals surface area contributed by atoms with Crippen LogP contribution >= 0.6 is 11.6 Å². The minimum absolute atomic E-state index is 0.00543. The molecule has 1 amide bonds. The van der Waals surface area contributed by atoms with Gasteiger partial charge in [0.15, 0.2) is 0 Å². The standard InChI is InChI=1S/C19H19ClN4O/c20-14-5-3-4-13(10-14)18-12-21-8-9-24(18)19(25)11-17-15-6-1-2-7-16(15)22-23-17/h1-7,10,18,21H,8-9,11-12H2,(H,22,23). The van der Waals surface area contributed by atoms with E-state index in [1.165, 1.54) is 0 Å². The highest BCUT2D eigenvalue weighted by Gasteiger charge is 2.28. The number of para-hydroxylation sites is 1. The zero-order chi connectivity index (χ0) is 17.2. The van der Waals surface area contributed by atoms with E-state index in [2.05, 4.69) is 15.5 Å². The Kier molecular flexibility index (Phi) is 4.42. The van der Waals surface area contributed by atoms with E-state index in [4.69, 9.17) is 11.6 Å². The Hall–Kier alpha value is -2.37. The first kappa shape index (κ1) is 16.1. The molecule has 2 aromatic carbocycles. The maximum atomic E-state index is 13.0. The number of fused-ring (bicyclic) bond motifs is 1. The number of hydrogen-bond acceptors (Lipinski definition) is 3. The Bertz CT molecular complexity index is 907. The van der Waals surface area contributed by atoms with Crippen LogP contribution in [0.5, 0.6) is 0 Å². The summed E-state index contributed by atoms with van der Waals surface area (Å²) < 4.78 is 0. The molecule has 3 aromatic rings. The molecule has 1 aliphatic rings. The van der Waals surface area contributed by atoms with E-state index in [0.29, 0.717) is 18.0 Å². The average molecular weight is 355 g/mol. The Labute approximate surface area is 151 Å². The molecule has 2 N–H and O–H groups in total. The number of carbonyl (C=O) groups excluding carboxylic acids is 1. The van der Waals surface area contributed by atoms with Crippen LogP contribution in [0.15, 0.2) is 48.5 Å². The first-order valence-corrected chi connectivity index (χ1v) is 8.78. The first-order valence-electron chi connectivity index (χ1n) is 8.40. The SMILES string of the molecule is O=C(Cc1[nH]nc2ccccc12)N1CCNCC1c1cccc(Cl)c1. The summed E-state index contributed by atoms with van der Waals surface area (Å²) in [6.07, 6.45) is 0.317. The van der Waals surface area contributed by atoms with Gasteiger partial charge in [0.25, 0.3) is 0 Å². The fraction of sp³-hybridized carbons (Fsp3) is 0.263. The molecule has 1 aliphatic heterocycles. The lowest BCUT2D eigenvalue weighted by Gasteiger charge is -2.36. The second kappa shape index (κ2) is 6.86. The van der Waals surface area contributed by atoms with E-state index < -0.39 is 0 Å². The fourth-order valence-electron chi connectivity index (χ4n) is 3.42. The second-order valence-corrected chi connectivity index (χ2v) is 6.69. The minimum atomic E-state index is -0.00543. The van der Waals surface area contributed by atoms with Crippen molar-refractivity contribution >= 4 is 28.4 Å². The van der Waals surface area contributed by atoms with Crippen LogP contribution in [0.4, 0.5) is 0 Å². The molecule has 0 saturated carbocycles. The number of nitrogens with zero attached hydrogens (tertiary/aromatic N) is 2. The maximum Gasteiger partial charge on any atom is 0.229 e. The molecular weight excluding hydrogens is 336 g/mol. The van der Waals surface area contributed by atoms with Gasteiger partial charge in [-0.2, -0.15) is 5.10 Å². The summed E-state index contributed by atoms with van der Waals surface area (Å²) in [7, 11) is 0. The maximum absolute atomic E-state index is 13.0. The summed E-state index contributed by atoms with van der Waals surface area (Å²) in [5.74, 6) is 0.0980. The monoisotopic (exact) mass is 354 g/mol. The van der Waals surface area contributed by atoms with Gasteiger partial charge in [0.1, 0.15) is 0 Å². The lowest BCUT2D eigenvalue weighted by molar-refractivity contribution is -0.133. The van der Waals surface area contributed by atoms with Crippen LogP contribution < -0.4 is 5.32 Å². The van der Waals surface area contributed by atoms with Crippen LogP contribution in [0.2, 0.25) is 5.02 Å². The Balaban J connectivity index is 1.59. The fourth-order valence-corrected chi connectivity index (χ4v) is 3.61. The smallest absolute Gasteiger partial charge is 0.229 e. The quantitative estimate of drug-likeness (QED) is 0.760. The lowest BCUT2D eigenvalue weighted by atomic mass is 10.0. The number of halogens is 1. The molecule has 128 valence electrons. The Morgan fingerprint density at radius 2 is 2.12 bits per heavy atom. The Morgan fingerprint density at radius 3 is 3.00 bits per heavy atom. The van der Waals surface area contributed by atoms with Gasteiger partial charge < -0.3 is 10.2 Å². The van der Waals surface area contributed by atoms with Gasteiger partial charge >= 0.3 is 0 Å². The van der Waals surface area contributed by atoms with Crippen molar-refractivity contribution < 1.29 is 4.79 Å². The number of H-pyrrole nitrogens is 1. The second-order valence-electron chi connectivity index (χ2n) is 6.26. The number of aromatic nitrogens is 2. The van der Waals surface area contributed by atoms with Gasteiger partial charge in [0.05, 0.1) is 23.7 Å². The molecule has 0 spiro atoms. The zero-order valence-electron chi connectivity index (χ0n) is 13.7. The van der Waals surface area contributed by atoms with E-state index in [-0.39, 0.29) is 11.9 Å². The highest BCUT2D eigenvalue weighted by molar-refractivity contribution is 6.30. The van der Waals surface area contributed by atoms with E-state index in [0.717, 1.165) is 35.2 Å². The molecule has 2 heterocycles. The molecule has 0 bridgehead atoms. The molecule has 4 rings (SSSR count). The number of hydrogen-bond donors (Lipinski definition) is 2. The van der Waals surface area contributed by atoms with Gasteiger partial charge in [0.2, 0.25) is 5.91 Å². The van der Waals surface area contributed by atoms with Crippen LogP contribution in [-0.4, -0.2) is 40.6 Å². The van der Waals surface area contributed by atoms with E-state index in [9.17, 15) is 4.79 Å². The topological polar surface area (TPSA) is 61.0 Å². The lowest BCUT2D eigenvalue weighted by Crippen LogP contribution is -2.49. The molecule has 0 aliphatic carbocycles. The molecule has 1 saturated heterocycles. The van der Waals surface area contributed by atoms with Gasteiger partial charge in [-0.05, 0) is 23.8 Å². The van der Waals surface area contributed by atoms with E-state index in [1.54, 1.807) is 0 Å². The molecule has 6 heteroatoms. The number of rotatable bonds is 3. The van der Waals surface area contributed by atoms with Crippen molar-refractivity contribution in [2.24, 2.45) is 0 Å². The molecule has 25 heavy (non-hydrogen) atoms. The van der Waals surface area contributed by atoms with Crippen LogP contribution in [0.1, 0.15) is 17.3 Å². The summed E-state index contributed by atoms with van der Waals surface area (Å²) >= 11 is 6.13. The van der Waals surface area contributed by atoms with Crippen molar-refractivity contribution in [2.45, 2.75) is 12.5 Å². The van der Waals surface area contributed by atoms with Crippen molar-refractivity contribution in [3.05, 3.63) is 64.8 Å². The summed E-state index contributed by atoms with van der Waals surface area (Å²) in [4.78, 5) is 14.9. The highest BCUT2D eigenvalue weighted by Crippen LogP contribution is 2.26. The van der Waals surface area contributed by atoms with Crippen LogP contribution in [0, 0.1) is 0 Å². The predicted octanol–water partition coefficient (Wildman–Crippen LogP) is 2.93. The normalized spacial score (nSPS) is 17.8. The van der Waals surface area contributed by atoms with Crippen LogP contribution in [-0.2, 0) is 11.2 Å². The van der Waals surface area contributed by atoms with Crippen molar-refractivity contribution in [1.29, 1.82) is 0 Å². The van der Waals surface area contributed by atoms with E-state index in [1.807, 2.05) is 53.4 Å². The predicted molar refractivity (Wildman–Crippen MR) is 98.6 cm³/mol. The van der Waals surface area contributed by atoms with Gasteiger partial charge in [-0.25, -0.2) is 0 Å². The van der Waals surface area contributed by atoms with Crippen molar-refractivity contribution in [3.8, 4) is 0 Å². The third-order valence-corrected chi connectivity index (χ3v) is 4.90. The molecular formula is C19H19ClN4O. The number of amides is 1. The van der Waals surface area contributed by atoms with Crippen LogP contribution in [0.25, 0.3) is 10.9 Å². The number of carbonyl (C=O) groups is 1. The van der Waals surface area contributed by atoms with Crippen molar-refractivity contribution in [1.82, 2.24) is 20.4 Å². The average Bonchev–Trinajstić information content (AvgIpc) is 3.05. The third-order valence-electron chi connectivity index (χ3n) is 4.67. The Morgan fingerprint density at radius 1 is 1.24 bits per heavy atom. The first-order chi connectivity index (χ1) is 12.2. The zero-order valence-corrected chi connectivity index (χ0v) is 14.5. The molecule has 5 nitrogen and oxygen atoms in total. The number of nitrogens with one attached hydrogen (secondary N) is 2. The van der Waals surface area contributed by atoms with Gasteiger partial charge in [-0.15, -0.1) is 0 Å². The number of benzene rings is 2. The highest BCUT2D eigenvalue weighted by atomic mass is 35.5. The minimum Gasteiger partial charge on any atom is -0.333 e. The summed E-state index contributed by atoms with van der Waals surface area (Å²) in [6, 6.07) is 15.6.